The highest BCUT2D eigenvalue weighted by atomic mass is 35.5. The number of aromatic nitrogens is 4. The van der Waals surface area contributed by atoms with Crippen molar-refractivity contribution < 1.29 is 5.11 Å². The quantitative estimate of drug-likeness (QED) is 0.774. The van der Waals surface area contributed by atoms with Gasteiger partial charge in [-0.25, -0.2) is 9.97 Å². The van der Waals surface area contributed by atoms with Crippen molar-refractivity contribution in [1.82, 2.24) is 24.8 Å². The van der Waals surface area contributed by atoms with Gasteiger partial charge in [-0.1, -0.05) is 23.7 Å². The molecule has 3 heterocycles. The van der Waals surface area contributed by atoms with E-state index in [1.165, 1.54) is 0 Å². The normalized spacial score (nSPS) is 17.5. The van der Waals surface area contributed by atoms with Crippen LogP contribution in [0.4, 0.5) is 0 Å². The third-order valence-electron chi connectivity index (χ3n) is 3.97. The molecule has 1 atom stereocenters. The van der Waals surface area contributed by atoms with E-state index in [1.54, 1.807) is 12.4 Å². The van der Waals surface area contributed by atoms with Gasteiger partial charge in [0.25, 0.3) is 0 Å². The fourth-order valence-corrected chi connectivity index (χ4v) is 3.02. The van der Waals surface area contributed by atoms with Crippen molar-refractivity contribution >= 4 is 22.6 Å². The van der Waals surface area contributed by atoms with Gasteiger partial charge in [0.1, 0.15) is 0 Å². The highest BCUT2D eigenvalue weighted by molar-refractivity contribution is 6.30. The predicted octanol–water partition coefficient (Wildman–Crippen LogP) is 2.10. The van der Waals surface area contributed by atoms with E-state index in [2.05, 4.69) is 19.9 Å². The molecular formula is C15H14ClN5O. The molecule has 1 aromatic carbocycles. The van der Waals surface area contributed by atoms with E-state index in [4.69, 9.17) is 11.6 Å². The number of fused-ring (bicyclic) bond motifs is 1. The summed E-state index contributed by atoms with van der Waals surface area (Å²) < 4.78 is 0. The number of aromatic amines is 1. The summed E-state index contributed by atoms with van der Waals surface area (Å²) in [5.74, 6) is 0.755. The number of hydrogen-bond donors (Lipinski definition) is 2. The van der Waals surface area contributed by atoms with Crippen molar-refractivity contribution in [3.8, 4) is 0 Å². The molecule has 2 aromatic heterocycles. The average molecular weight is 316 g/mol. The number of H-pyrrole nitrogens is 1. The van der Waals surface area contributed by atoms with Gasteiger partial charge in [-0.2, -0.15) is 0 Å². The van der Waals surface area contributed by atoms with Crippen LogP contribution in [0, 0.1) is 0 Å². The maximum Gasteiger partial charge on any atom is 0.166 e. The summed E-state index contributed by atoms with van der Waals surface area (Å²) in [6.07, 6.45) is 2.46. The zero-order valence-electron chi connectivity index (χ0n) is 11.6. The molecule has 6 nitrogen and oxygen atoms in total. The lowest BCUT2D eigenvalue weighted by Gasteiger charge is -2.41. The maximum absolute atomic E-state index is 10.4. The van der Waals surface area contributed by atoms with Crippen LogP contribution in [0.15, 0.2) is 36.7 Å². The van der Waals surface area contributed by atoms with Crippen LogP contribution in [0.3, 0.4) is 0 Å². The summed E-state index contributed by atoms with van der Waals surface area (Å²) in [4.78, 5) is 17.8. The second kappa shape index (κ2) is 5.31. The minimum Gasteiger partial charge on any atom is -0.371 e. The number of aliphatic hydroxyl groups excluding tert-OH is 1. The van der Waals surface area contributed by atoms with Crippen LogP contribution in [-0.2, 0) is 0 Å². The van der Waals surface area contributed by atoms with Crippen molar-refractivity contribution in [3.63, 3.8) is 0 Å². The summed E-state index contributed by atoms with van der Waals surface area (Å²) in [5.41, 5.74) is 2.56. The number of rotatable bonds is 3. The van der Waals surface area contributed by atoms with Gasteiger partial charge in [-0.05, 0) is 12.1 Å². The molecule has 1 aliphatic rings. The van der Waals surface area contributed by atoms with E-state index in [-0.39, 0.29) is 5.92 Å². The maximum atomic E-state index is 10.4. The van der Waals surface area contributed by atoms with Crippen LogP contribution in [0.1, 0.15) is 23.7 Å². The molecule has 22 heavy (non-hydrogen) atoms. The van der Waals surface area contributed by atoms with E-state index < -0.39 is 6.23 Å². The van der Waals surface area contributed by atoms with Gasteiger partial charge >= 0.3 is 0 Å². The SMILES string of the molecule is OC(c1nc2ccccc2[nH]1)N1CC(c2nccnc2Cl)C1. The topological polar surface area (TPSA) is 77.9 Å². The standard InChI is InChI=1S/C15H14ClN5O/c16-13-12(17-5-6-18-13)9-7-21(8-9)15(22)14-19-10-3-1-2-4-11(10)20-14/h1-6,9,15,22H,7-8H2,(H,19,20). The minimum atomic E-state index is -0.751. The summed E-state index contributed by atoms with van der Waals surface area (Å²) >= 11 is 6.06. The number of para-hydroxylation sites is 2. The first kappa shape index (κ1) is 13.6. The molecule has 7 heteroatoms. The van der Waals surface area contributed by atoms with Gasteiger partial charge in [0.15, 0.2) is 17.2 Å². The van der Waals surface area contributed by atoms with Crippen molar-refractivity contribution in [2.45, 2.75) is 12.1 Å². The molecule has 4 rings (SSSR count). The monoisotopic (exact) mass is 315 g/mol. The summed E-state index contributed by atoms with van der Waals surface area (Å²) in [6.45, 7) is 1.35. The van der Waals surface area contributed by atoms with Crippen LogP contribution >= 0.6 is 11.6 Å². The third kappa shape index (κ3) is 2.25. The Bertz CT molecular complexity index is 781. The van der Waals surface area contributed by atoms with Crippen LogP contribution in [0.2, 0.25) is 5.15 Å². The predicted molar refractivity (Wildman–Crippen MR) is 82.4 cm³/mol. The largest absolute Gasteiger partial charge is 0.371 e. The minimum absolute atomic E-state index is 0.195. The van der Waals surface area contributed by atoms with E-state index in [9.17, 15) is 5.11 Å². The Morgan fingerprint density at radius 3 is 2.77 bits per heavy atom. The molecule has 1 saturated heterocycles. The molecule has 0 radical (unpaired) electrons. The zero-order valence-corrected chi connectivity index (χ0v) is 12.4. The Kier molecular flexibility index (Phi) is 3.29. The van der Waals surface area contributed by atoms with Crippen LogP contribution in [0.5, 0.6) is 0 Å². The molecule has 3 aromatic rings. The third-order valence-corrected chi connectivity index (χ3v) is 4.27. The number of imidazole rings is 1. The molecule has 1 aliphatic heterocycles. The van der Waals surface area contributed by atoms with Gasteiger partial charge in [0.2, 0.25) is 0 Å². The first-order chi connectivity index (χ1) is 10.7. The first-order valence-corrected chi connectivity index (χ1v) is 7.43. The molecule has 112 valence electrons. The van der Waals surface area contributed by atoms with Crippen LogP contribution < -0.4 is 0 Å². The number of aliphatic hydroxyl groups is 1. The smallest absolute Gasteiger partial charge is 0.166 e. The van der Waals surface area contributed by atoms with E-state index in [0.29, 0.717) is 24.1 Å². The Hall–Kier alpha value is -2.02. The Morgan fingerprint density at radius 1 is 1.23 bits per heavy atom. The Balaban J connectivity index is 1.49. The number of halogens is 1. The molecule has 0 amide bonds. The summed E-state index contributed by atoms with van der Waals surface area (Å²) in [6, 6.07) is 7.72. The van der Waals surface area contributed by atoms with Crippen molar-refractivity contribution in [3.05, 3.63) is 53.3 Å². The van der Waals surface area contributed by atoms with Gasteiger partial charge in [0.05, 0.1) is 16.7 Å². The number of nitrogens with zero attached hydrogens (tertiary/aromatic N) is 4. The van der Waals surface area contributed by atoms with E-state index in [0.717, 1.165) is 16.7 Å². The molecule has 0 aliphatic carbocycles. The Labute approximate surface area is 131 Å². The molecule has 2 N–H and O–H groups in total. The van der Waals surface area contributed by atoms with E-state index in [1.807, 2.05) is 29.2 Å². The Morgan fingerprint density at radius 2 is 2.00 bits per heavy atom. The molecule has 0 saturated carbocycles. The van der Waals surface area contributed by atoms with Gasteiger partial charge in [-0.15, -0.1) is 0 Å². The molecule has 0 spiro atoms. The first-order valence-electron chi connectivity index (χ1n) is 7.05. The van der Waals surface area contributed by atoms with Crippen LogP contribution in [0.25, 0.3) is 11.0 Å². The van der Waals surface area contributed by atoms with Crippen LogP contribution in [-0.4, -0.2) is 43.0 Å². The van der Waals surface area contributed by atoms with Crippen molar-refractivity contribution in [1.29, 1.82) is 0 Å². The zero-order chi connectivity index (χ0) is 15.1. The van der Waals surface area contributed by atoms with Crippen molar-refractivity contribution in [2.24, 2.45) is 0 Å². The lowest BCUT2D eigenvalue weighted by atomic mass is 9.96. The van der Waals surface area contributed by atoms with Gasteiger partial charge < -0.3 is 10.1 Å². The molecular weight excluding hydrogens is 302 g/mol. The molecule has 1 fully saturated rings. The van der Waals surface area contributed by atoms with E-state index >= 15 is 0 Å². The lowest BCUT2D eigenvalue weighted by molar-refractivity contribution is -0.0538. The fourth-order valence-electron chi connectivity index (χ4n) is 2.76. The molecule has 0 bridgehead atoms. The van der Waals surface area contributed by atoms with Gasteiger partial charge in [-0.3, -0.25) is 9.88 Å². The summed E-state index contributed by atoms with van der Waals surface area (Å²) in [5, 5.41) is 10.9. The lowest BCUT2D eigenvalue weighted by Crippen LogP contribution is -2.47. The highest BCUT2D eigenvalue weighted by Crippen LogP contribution is 2.33. The second-order valence-corrected chi connectivity index (χ2v) is 5.75. The second-order valence-electron chi connectivity index (χ2n) is 5.40. The van der Waals surface area contributed by atoms with Gasteiger partial charge in [0, 0.05) is 31.4 Å². The number of hydrogen-bond acceptors (Lipinski definition) is 5. The number of nitrogens with one attached hydrogen (secondary N) is 1. The fraction of sp³-hybridized carbons (Fsp3) is 0.267. The molecule has 1 unspecified atom stereocenters. The number of benzene rings is 1. The van der Waals surface area contributed by atoms with Crippen molar-refractivity contribution in [2.75, 3.05) is 13.1 Å². The summed E-state index contributed by atoms with van der Waals surface area (Å²) in [7, 11) is 0. The number of likely N-dealkylation sites (tertiary alicyclic amines) is 1. The average Bonchev–Trinajstić information content (AvgIpc) is 2.91. The highest BCUT2D eigenvalue weighted by Gasteiger charge is 2.36.